The first-order chi connectivity index (χ1) is 9.61. The van der Waals surface area contributed by atoms with Crippen molar-refractivity contribution in [2.75, 3.05) is 7.11 Å². The second-order valence-corrected chi connectivity index (χ2v) is 4.62. The summed E-state index contributed by atoms with van der Waals surface area (Å²) in [6.45, 7) is 2.37. The fourth-order valence-corrected chi connectivity index (χ4v) is 2.09. The van der Waals surface area contributed by atoms with Gasteiger partial charge in [-0.25, -0.2) is 4.39 Å². The van der Waals surface area contributed by atoms with Crippen LogP contribution in [0.25, 0.3) is 0 Å². The molecule has 2 aromatic rings. The highest BCUT2D eigenvalue weighted by molar-refractivity contribution is 5.36. The van der Waals surface area contributed by atoms with E-state index in [0.717, 1.165) is 11.3 Å². The van der Waals surface area contributed by atoms with E-state index < -0.39 is 0 Å². The van der Waals surface area contributed by atoms with Crippen LogP contribution < -0.4 is 10.1 Å². The average molecular weight is 275 g/mol. The number of hydrogen-bond acceptors (Lipinski definition) is 3. The van der Waals surface area contributed by atoms with Gasteiger partial charge >= 0.3 is 0 Å². The molecule has 0 aromatic heterocycles. The van der Waals surface area contributed by atoms with Crippen molar-refractivity contribution in [3.05, 3.63) is 59.4 Å². The Kier molecular flexibility index (Phi) is 4.58. The second kappa shape index (κ2) is 6.39. The molecule has 20 heavy (non-hydrogen) atoms. The van der Waals surface area contributed by atoms with Crippen LogP contribution in [0.4, 0.5) is 4.39 Å². The van der Waals surface area contributed by atoms with Gasteiger partial charge in [-0.3, -0.25) is 0 Å². The zero-order chi connectivity index (χ0) is 14.5. The molecular weight excluding hydrogens is 257 g/mol. The monoisotopic (exact) mass is 275 g/mol. The molecule has 0 amide bonds. The van der Waals surface area contributed by atoms with E-state index in [1.807, 2.05) is 31.2 Å². The molecule has 2 rings (SSSR count). The molecule has 0 spiro atoms. The maximum absolute atomic E-state index is 13.2. The fourth-order valence-electron chi connectivity index (χ4n) is 2.09. The van der Waals surface area contributed by atoms with Gasteiger partial charge in [0.25, 0.3) is 0 Å². The van der Waals surface area contributed by atoms with Crippen molar-refractivity contribution in [1.29, 1.82) is 0 Å². The van der Waals surface area contributed by atoms with Crippen molar-refractivity contribution in [1.82, 2.24) is 5.32 Å². The van der Waals surface area contributed by atoms with Crippen molar-refractivity contribution in [3.63, 3.8) is 0 Å². The molecule has 106 valence electrons. The predicted octanol–water partition coefficient (Wildman–Crippen LogP) is 3.39. The molecule has 2 N–H and O–H groups in total. The number of nitrogens with one attached hydrogen (secondary N) is 1. The van der Waals surface area contributed by atoms with E-state index in [2.05, 4.69) is 5.32 Å². The normalized spacial score (nSPS) is 12.2. The van der Waals surface area contributed by atoms with Crippen molar-refractivity contribution < 1.29 is 14.2 Å². The van der Waals surface area contributed by atoms with Gasteiger partial charge in [0.2, 0.25) is 0 Å². The third-order valence-electron chi connectivity index (χ3n) is 3.25. The summed E-state index contributed by atoms with van der Waals surface area (Å²) >= 11 is 0. The summed E-state index contributed by atoms with van der Waals surface area (Å²) in [7, 11) is 1.63. The van der Waals surface area contributed by atoms with Crippen molar-refractivity contribution in [3.8, 4) is 11.5 Å². The van der Waals surface area contributed by atoms with Gasteiger partial charge in [-0.1, -0.05) is 18.2 Å². The van der Waals surface area contributed by atoms with Gasteiger partial charge in [-0.05, 0) is 31.2 Å². The number of aromatic hydroxyl groups is 1. The zero-order valence-electron chi connectivity index (χ0n) is 11.6. The first kappa shape index (κ1) is 14.3. The lowest BCUT2D eigenvalue weighted by molar-refractivity contribution is 0.400. The summed E-state index contributed by atoms with van der Waals surface area (Å²) in [5.74, 6) is 0.534. The molecule has 0 aliphatic carbocycles. The van der Waals surface area contributed by atoms with Gasteiger partial charge in [0.05, 0.1) is 7.11 Å². The second-order valence-electron chi connectivity index (χ2n) is 4.62. The Morgan fingerprint density at radius 1 is 1.25 bits per heavy atom. The number of phenols is 1. The van der Waals surface area contributed by atoms with E-state index in [1.54, 1.807) is 7.11 Å². The molecule has 0 radical (unpaired) electrons. The molecule has 0 aliphatic heterocycles. The molecule has 1 unspecified atom stereocenters. The van der Waals surface area contributed by atoms with Crippen molar-refractivity contribution >= 4 is 0 Å². The van der Waals surface area contributed by atoms with Crippen LogP contribution >= 0.6 is 0 Å². The Bertz CT molecular complexity index is 586. The molecule has 3 nitrogen and oxygen atoms in total. The highest BCUT2D eigenvalue weighted by Gasteiger charge is 2.11. The Hall–Kier alpha value is -2.07. The Balaban J connectivity index is 2.08. The molecule has 1 atom stereocenters. The van der Waals surface area contributed by atoms with E-state index in [9.17, 15) is 9.50 Å². The first-order valence-electron chi connectivity index (χ1n) is 6.45. The summed E-state index contributed by atoms with van der Waals surface area (Å²) in [6.07, 6.45) is 0. The van der Waals surface area contributed by atoms with Crippen LogP contribution in [-0.4, -0.2) is 12.2 Å². The van der Waals surface area contributed by atoms with Crippen LogP contribution in [0.2, 0.25) is 0 Å². The summed E-state index contributed by atoms with van der Waals surface area (Å²) < 4.78 is 18.5. The van der Waals surface area contributed by atoms with E-state index >= 15 is 0 Å². The molecule has 4 heteroatoms. The molecule has 2 aromatic carbocycles. The quantitative estimate of drug-likeness (QED) is 0.879. The van der Waals surface area contributed by atoms with Gasteiger partial charge in [0.15, 0.2) is 0 Å². The van der Waals surface area contributed by atoms with E-state index in [1.165, 1.54) is 18.2 Å². The fraction of sp³-hybridized carbons (Fsp3) is 0.250. The number of methoxy groups -OCH3 is 1. The zero-order valence-corrected chi connectivity index (χ0v) is 11.6. The minimum Gasteiger partial charge on any atom is -0.508 e. The predicted molar refractivity (Wildman–Crippen MR) is 76.3 cm³/mol. The maximum atomic E-state index is 13.2. The molecule has 0 saturated heterocycles. The third kappa shape index (κ3) is 3.27. The number of rotatable bonds is 5. The summed E-state index contributed by atoms with van der Waals surface area (Å²) in [4.78, 5) is 0. The van der Waals surface area contributed by atoms with Gasteiger partial charge in [-0.2, -0.15) is 0 Å². The Labute approximate surface area is 118 Å². The molecule has 0 saturated carbocycles. The molecule has 0 aliphatic rings. The number of halogens is 1. The number of hydrogen-bond donors (Lipinski definition) is 2. The van der Waals surface area contributed by atoms with Crippen LogP contribution in [0, 0.1) is 5.82 Å². The SMILES string of the molecule is COc1ccccc1C(C)NCc1cc(F)ccc1O. The average Bonchev–Trinajstić information content (AvgIpc) is 2.47. The van der Waals surface area contributed by atoms with Crippen LogP contribution in [0.15, 0.2) is 42.5 Å². The number of benzene rings is 2. The van der Waals surface area contributed by atoms with Crippen LogP contribution in [0.1, 0.15) is 24.1 Å². The molecule has 0 heterocycles. The molecular formula is C16H18FNO2. The van der Waals surface area contributed by atoms with Crippen molar-refractivity contribution in [2.45, 2.75) is 19.5 Å². The lowest BCUT2D eigenvalue weighted by Crippen LogP contribution is -2.18. The highest BCUT2D eigenvalue weighted by atomic mass is 19.1. The smallest absolute Gasteiger partial charge is 0.123 e. The Morgan fingerprint density at radius 2 is 2.00 bits per heavy atom. The standard InChI is InChI=1S/C16H18FNO2/c1-11(14-5-3-4-6-16(14)20-2)18-10-12-9-13(17)7-8-15(12)19/h3-9,11,18-19H,10H2,1-2H3. The summed E-state index contributed by atoms with van der Waals surface area (Å²) in [6, 6.07) is 11.7. The van der Waals surface area contributed by atoms with Gasteiger partial charge in [0, 0.05) is 23.7 Å². The van der Waals surface area contributed by atoms with E-state index in [-0.39, 0.29) is 17.6 Å². The summed E-state index contributed by atoms with van der Waals surface area (Å²) in [5, 5.41) is 12.9. The largest absolute Gasteiger partial charge is 0.508 e. The molecule has 0 bridgehead atoms. The van der Waals surface area contributed by atoms with Crippen molar-refractivity contribution in [2.24, 2.45) is 0 Å². The lowest BCUT2D eigenvalue weighted by atomic mass is 10.1. The highest BCUT2D eigenvalue weighted by Crippen LogP contribution is 2.25. The first-order valence-corrected chi connectivity index (χ1v) is 6.45. The minimum atomic E-state index is -0.357. The minimum absolute atomic E-state index is 0.0221. The Morgan fingerprint density at radius 3 is 2.75 bits per heavy atom. The summed E-state index contributed by atoms with van der Waals surface area (Å²) in [5.41, 5.74) is 1.55. The maximum Gasteiger partial charge on any atom is 0.123 e. The third-order valence-corrected chi connectivity index (χ3v) is 3.25. The van der Waals surface area contributed by atoms with Crippen LogP contribution in [-0.2, 0) is 6.54 Å². The van der Waals surface area contributed by atoms with Crippen LogP contribution in [0.5, 0.6) is 11.5 Å². The number of para-hydroxylation sites is 1. The topological polar surface area (TPSA) is 41.5 Å². The molecule has 0 fully saturated rings. The van der Waals surface area contributed by atoms with Gasteiger partial charge in [-0.15, -0.1) is 0 Å². The van der Waals surface area contributed by atoms with Gasteiger partial charge < -0.3 is 15.2 Å². The lowest BCUT2D eigenvalue weighted by Gasteiger charge is -2.17. The van der Waals surface area contributed by atoms with E-state index in [4.69, 9.17) is 4.74 Å². The van der Waals surface area contributed by atoms with E-state index in [0.29, 0.717) is 12.1 Å². The van der Waals surface area contributed by atoms with Gasteiger partial charge in [0.1, 0.15) is 17.3 Å². The number of phenolic OH excluding ortho intramolecular Hbond substituents is 1. The number of ether oxygens (including phenoxy) is 1. The van der Waals surface area contributed by atoms with Crippen LogP contribution in [0.3, 0.4) is 0 Å².